The number of nitrogen functional groups attached to an aromatic ring is 1. The van der Waals surface area contributed by atoms with Gasteiger partial charge in [-0.05, 0) is 30.3 Å². The molecule has 0 unspecified atom stereocenters. The van der Waals surface area contributed by atoms with E-state index >= 15 is 0 Å². The van der Waals surface area contributed by atoms with Gasteiger partial charge < -0.3 is 15.6 Å². The molecule has 0 saturated heterocycles. The van der Waals surface area contributed by atoms with Gasteiger partial charge in [0.1, 0.15) is 17.5 Å². The lowest BCUT2D eigenvalue weighted by atomic mass is 10.2. The molecule has 3 rings (SSSR count). The standard InChI is InChI=1S/C14H14FN5/c1-20(2)12-6-5-11-14(18-12)19-13(17-11)8-3-4-9(15)10(16)7-8/h3-7H,16H2,1-2H3,(H,17,18,19). The molecule has 20 heavy (non-hydrogen) atoms. The molecule has 0 aliphatic heterocycles. The number of H-pyrrole nitrogens is 1. The summed E-state index contributed by atoms with van der Waals surface area (Å²) in [4.78, 5) is 13.9. The van der Waals surface area contributed by atoms with Crippen LogP contribution in [0.15, 0.2) is 30.3 Å². The highest BCUT2D eigenvalue weighted by Crippen LogP contribution is 2.24. The normalized spacial score (nSPS) is 10.9. The summed E-state index contributed by atoms with van der Waals surface area (Å²) in [6.45, 7) is 0. The van der Waals surface area contributed by atoms with Crippen LogP contribution in [0.25, 0.3) is 22.6 Å². The second-order valence-corrected chi connectivity index (χ2v) is 4.76. The van der Waals surface area contributed by atoms with Gasteiger partial charge in [-0.2, -0.15) is 0 Å². The van der Waals surface area contributed by atoms with E-state index in [-0.39, 0.29) is 5.69 Å². The topological polar surface area (TPSA) is 70.8 Å². The third-order valence-corrected chi connectivity index (χ3v) is 3.06. The molecule has 0 bridgehead atoms. The summed E-state index contributed by atoms with van der Waals surface area (Å²) in [5.74, 6) is 1.02. The summed E-state index contributed by atoms with van der Waals surface area (Å²) in [6.07, 6.45) is 0. The highest BCUT2D eigenvalue weighted by molar-refractivity contribution is 5.78. The molecule has 2 aromatic heterocycles. The van der Waals surface area contributed by atoms with Crippen LogP contribution in [0, 0.1) is 5.82 Å². The van der Waals surface area contributed by atoms with Crippen molar-refractivity contribution in [1.29, 1.82) is 0 Å². The van der Waals surface area contributed by atoms with Gasteiger partial charge in [-0.25, -0.2) is 14.4 Å². The van der Waals surface area contributed by atoms with Crippen LogP contribution < -0.4 is 10.6 Å². The monoisotopic (exact) mass is 271 g/mol. The average molecular weight is 271 g/mol. The number of aromatic amines is 1. The van der Waals surface area contributed by atoms with Crippen molar-refractivity contribution in [3.05, 3.63) is 36.1 Å². The van der Waals surface area contributed by atoms with Gasteiger partial charge in [-0.15, -0.1) is 0 Å². The Bertz CT molecular complexity index is 778. The minimum Gasteiger partial charge on any atom is -0.396 e. The van der Waals surface area contributed by atoms with Crippen LogP contribution in [-0.2, 0) is 0 Å². The molecule has 0 spiro atoms. The van der Waals surface area contributed by atoms with Gasteiger partial charge in [0.25, 0.3) is 0 Å². The van der Waals surface area contributed by atoms with Crippen LogP contribution in [0.2, 0.25) is 0 Å². The van der Waals surface area contributed by atoms with Crippen LogP contribution in [-0.4, -0.2) is 29.0 Å². The maximum Gasteiger partial charge on any atom is 0.180 e. The van der Waals surface area contributed by atoms with Gasteiger partial charge in [0.05, 0.1) is 11.2 Å². The van der Waals surface area contributed by atoms with Crippen molar-refractivity contribution in [3.8, 4) is 11.4 Å². The summed E-state index contributed by atoms with van der Waals surface area (Å²) in [5.41, 5.74) is 7.86. The third-order valence-electron chi connectivity index (χ3n) is 3.06. The minimum atomic E-state index is -0.433. The maximum atomic E-state index is 13.2. The molecule has 0 amide bonds. The molecule has 0 fully saturated rings. The predicted molar refractivity (Wildman–Crippen MR) is 78.0 cm³/mol. The zero-order valence-electron chi connectivity index (χ0n) is 11.2. The van der Waals surface area contributed by atoms with Gasteiger partial charge >= 0.3 is 0 Å². The fourth-order valence-electron chi connectivity index (χ4n) is 1.96. The predicted octanol–water partition coefficient (Wildman–Crippen LogP) is 2.41. The van der Waals surface area contributed by atoms with Crippen LogP contribution in [0.1, 0.15) is 0 Å². The third kappa shape index (κ3) is 2.05. The Balaban J connectivity index is 2.10. The van der Waals surface area contributed by atoms with Crippen molar-refractivity contribution in [2.45, 2.75) is 0 Å². The highest BCUT2D eigenvalue weighted by atomic mass is 19.1. The second kappa shape index (κ2) is 4.48. The highest BCUT2D eigenvalue weighted by Gasteiger charge is 2.09. The largest absolute Gasteiger partial charge is 0.396 e. The fourth-order valence-corrected chi connectivity index (χ4v) is 1.96. The average Bonchev–Trinajstić information content (AvgIpc) is 2.84. The second-order valence-electron chi connectivity index (χ2n) is 4.76. The lowest BCUT2D eigenvalue weighted by Crippen LogP contribution is -2.10. The van der Waals surface area contributed by atoms with E-state index in [4.69, 9.17) is 5.73 Å². The van der Waals surface area contributed by atoms with Crippen molar-refractivity contribution in [2.75, 3.05) is 24.7 Å². The lowest BCUT2D eigenvalue weighted by molar-refractivity contribution is 0.632. The van der Waals surface area contributed by atoms with Crippen molar-refractivity contribution < 1.29 is 4.39 Å². The zero-order chi connectivity index (χ0) is 14.3. The van der Waals surface area contributed by atoms with E-state index in [1.165, 1.54) is 6.07 Å². The zero-order valence-corrected chi connectivity index (χ0v) is 11.2. The van der Waals surface area contributed by atoms with Crippen LogP contribution in [0.4, 0.5) is 15.9 Å². The van der Waals surface area contributed by atoms with E-state index in [2.05, 4.69) is 15.0 Å². The Kier molecular flexibility index (Phi) is 2.78. The number of hydrogen-bond donors (Lipinski definition) is 2. The van der Waals surface area contributed by atoms with E-state index in [9.17, 15) is 4.39 Å². The number of halogens is 1. The summed E-state index contributed by atoms with van der Waals surface area (Å²) >= 11 is 0. The number of rotatable bonds is 2. The first kappa shape index (κ1) is 12.4. The number of anilines is 2. The molecule has 0 radical (unpaired) electrons. The lowest BCUT2D eigenvalue weighted by Gasteiger charge is -2.09. The van der Waals surface area contributed by atoms with Crippen LogP contribution in [0.5, 0.6) is 0 Å². The molecular formula is C14H14FN5. The van der Waals surface area contributed by atoms with Gasteiger partial charge in [-0.1, -0.05) is 0 Å². The summed E-state index contributed by atoms with van der Waals surface area (Å²) in [7, 11) is 3.84. The van der Waals surface area contributed by atoms with E-state index in [0.29, 0.717) is 11.5 Å². The maximum absolute atomic E-state index is 13.2. The molecule has 0 saturated carbocycles. The summed E-state index contributed by atoms with van der Waals surface area (Å²) in [6, 6.07) is 8.34. The van der Waals surface area contributed by atoms with Gasteiger partial charge in [-0.3, -0.25) is 0 Å². The van der Waals surface area contributed by atoms with Gasteiger partial charge in [0.2, 0.25) is 0 Å². The first-order chi connectivity index (χ1) is 9.54. The van der Waals surface area contributed by atoms with Crippen molar-refractivity contribution in [1.82, 2.24) is 15.0 Å². The first-order valence-corrected chi connectivity index (χ1v) is 6.14. The molecule has 0 aliphatic carbocycles. The van der Waals surface area contributed by atoms with Crippen LogP contribution >= 0.6 is 0 Å². The SMILES string of the molecule is CN(C)c1ccc2[nH]c(-c3ccc(F)c(N)c3)nc2n1. The Hall–Kier alpha value is -2.63. The quantitative estimate of drug-likeness (QED) is 0.702. The van der Waals surface area contributed by atoms with E-state index in [1.54, 1.807) is 12.1 Å². The molecule has 3 N–H and O–H groups in total. The molecule has 2 heterocycles. The van der Waals surface area contributed by atoms with Crippen molar-refractivity contribution >= 4 is 22.7 Å². The Labute approximate surface area is 115 Å². The number of nitrogens with two attached hydrogens (primary N) is 1. The Morgan fingerprint density at radius 3 is 2.65 bits per heavy atom. The molecule has 0 atom stereocenters. The fraction of sp³-hybridized carbons (Fsp3) is 0.143. The molecule has 3 aromatic rings. The summed E-state index contributed by atoms with van der Waals surface area (Å²) in [5, 5.41) is 0. The molecule has 6 heteroatoms. The number of nitrogens with one attached hydrogen (secondary N) is 1. The summed E-state index contributed by atoms with van der Waals surface area (Å²) < 4.78 is 13.2. The Morgan fingerprint density at radius 1 is 1.15 bits per heavy atom. The number of fused-ring (bicyclic) bond motifs is 1. The smallest absolute Gasteiger partial charge is 0.180 e. The number of nitrogens with zero attached hydrogens (tertiary/aromatic N) is 3. The van der Waals surface area contributed by atoms with Gasteiger partial charge in [0.15, 0.2) is 5.65 Å². The number of hydrogen-bond acceptors (Lipinski definition) is 4. The first-order valence-electron chi connectivity index (χ1n) is 6.14. The van der Waals surface area contributed by atoms with Gasteiger partial charge in [0, 0.05) is 19.7 Å². The molecule has 1 aromatic carbocycles. The molecular weight excluding hydrogens is 257 g/mol. The Morgan fingerprint density at radius 2 is 1.95 bits per heavy atom. The van der Waals surface area contributed by atoms with Crippen LogP contribution in [0.3, 0.4) is 0 Å². The van der Waals surface area contributed by atoms with E-state index in [1.807, 2.05) is 31.1 Å². The van der Waals surface area contributed by atoms with E-state index in [0.717, 1.165) is 16.9 Å². The van der Waals surface area contributed by atoms with E-state index < -0.39 is 5.82 Å². The molecule has 102 valence electrons. The number of benzene rings is 1. The molecule has 5 nitrogen and oxygen atoms in total. The minimum absolute atomic E-state index is 0.102. The molecule has 0 aliphatic rings. The number of aromatic nitrogens is 3. The van der Waals surface area contributed by atoms with Crippen molar-refractivity contribution in [2.24, 2.45) is 0 Å². The number of pyridine rings is 1. The number of imidazole rings is 1. The van der Waals surface area contributed by atoms with Crippen molar-refractivity contribution in [3.63, 3.8) is 0 Å².